The Morgan fingerprint density at radius 3 is 2.50 bits per heavy atom. The molecule has 0 aromatic heterocycles. The summed E-state index contributed by atoms with van der Waals surface area (Å²) >= 11 is 0. The second kappa shape index (κ2) is 3.55. The van der Waals surface area contributed by atoms with Gasteiger partial charge in [0.15, 0.2) is 5.75 Å². The third-order valence-corrected chi connectivity index (χ3v) is 2.02. The molecule has 0 aliphatic rings. The van der Waals surface area contributed by atoms with Crippen LogP contribution in [0.4, 0.5) is 0 Å². The fourth-order valence-electron chi connectivity index (χ4n) is 1.45. The number of phenolic OH excluding ortho intramolecular Hbond substituents is 1. The molecule has 0 unspecified atom stereocenters. The second-order valence-electron chi connectivity index (χ2n) is 2.88. The maximum absolute atomic E-state index is 9.64. The summed E-state index contributed by atoms with van der Waals surface area (Å²) in [5, 5.41) is 11.2. The van der Waals surface area contributed by atoms with E-state index in [-0.39, 0.29) is 5.75 Å². The molecule has 2 rings (SSSR count). The molecule has 0 fully saturated rings. The molecule has 1 N–H and O–H groups in total. The molecule has 0 radical (unpaired) electrons. The van der Waals surface area contributed by atoms with Gasteiger partial charge in [0.1, 0.15) is 5.75 Å². The zero-order chi connectivity index (χ0) is 9.97. The van der Waals surface area contributed by atoms with Crippen LogP contribution >= 0.6 is 0 Å². The highest BCUT2D eigenvalue weighted by Gasteiger charge is 2.06. The Hall–Kier alpha value is -1.74. The molecule has 0 heterocycles. The molecular formula is C11H10O3. The zero-order valence-electron chi connectivity index (χ0n) is 7.73. The van der Waals surface area contributed by atoms with Crippen molar-refractivity contribution in [1.29, 1.82) is 0 Å². The zero-order valence-corrected chi connectivity index (χ0v) is 7.73. The molecule has 0 bridgehead atoms. The van der Waals surface area contributed by atoms with E-state index in [1.165, 1.54) is 7.11 Å². The van der Waals surface area contributed by atoms with Gasteiger partial charge in [-0.05, 0) is 17.5 Å². The van der Waals surface area contributed by atoms with E-state index in [9.17, 15) is 5.11 Å². The van der Waals surface area contributed by atoms with Crippen molar-refractivity contribution in [2.75, 3.05) is 7.11 Å². The highest BCUT2D eigenvalue weighted by molar-refractivity contribution is 5.93. The monoisotopic (exact) mass is 190 g/mol. The highest BCUT2D eigenvalue weighted by atomic mass is 17.2. The van der Waals surface area contributed by atoms with Crippen LogP contribution in [-0.2, 0) is 4.89 Å². The summed E-state index contributed by atoms with van der Waals surface area (Å²) in [6.45, 7) is 0. The topological polar surface area (TPSA) is 38.7 Å². The lowest BCUT2D eigenvalue weighted by Gasteiger charge is -2.06. The van der Waals surface area contributed by atoms with Gasteiger partial charge in [-0.1, -0.05) is 24.3 Å². The number of aromatic hydroxyl groups is 1. The highest BCUT2D eigenvalue weighted by Crippen LogP contribution is 2.32. The van der Waals surface area contributed by atoms with Gasteiger partial charge in [-0.15, -0.1) is 0 Å². The van der Waals surface area contributed by atoms with Crippen molar-refractivity contribution in [1.82, 2.24) is 0 Å². The lowest BCUT2D eigenvalue weighted by Crippen LogP contribution is -1.91. The van der Waals surface area contributed by atoms with Gasteiger partial charge < -0.3 is 9.99 Å². The molecule has 0 amide bonds. The Bertz CT molecular complexity index is 446. The molecule has 0 atom stereocenters. The molecule has 3 heteroatoms. The quantitative estimate of drug-likeness (QED) is 0.584. The van der Waals surface area contributed by atoms with E-state index in [1.54, 1.807) is 18.2 Å². The van der Waals surface area contributed by atoms with E-state index >= 15 is 0 Å². The molecule has 3 nitrogen and oxygen atoms in total. The molecule has 0 saturated carbocycles. The minimum absolute atomic E-state index is 0.190. The third kappa shape index (κ3) is 1.38. The Labute approximate surface area is 81.4 Å². The largest absolute Gasteiger partial charge is 0.507 e. The molecule has 14 heavy (non-hydrogen) atoms. The fraction of sp³-hybridized carbons (Fsp3) is 0.0909. The first-order valence-electron chi connectivity index (χ1n) is 4.24. The van der Waals surface area contributed by atoms with Crippen LogP contribution in [0.25, 0.3) is 10.8 Å². The number of rotatable bonds is 2. The van der Waals surface area contributed by atoms with Crippen molar-refractivity contribution in [3.8, 4) is 11.5 Å². The van der Waals surface area contributed by atoms with E-state index < -0.39 is 0 Å². The smallest absolute Gasteiger partial charge is 0.176 e. The van der Waals surface area contributed by atoms with Gasteiger partial charge in [0.25, 0.3) is 0 Å². The first-order valence-corrected chi connectivity index (χ1v) is 4.24. The van der Waals surface area contributed by atoms with Crippen molar-refractivity contribution < 1.29 is 14.9 Å². The maximum Gasteiger partial charge on any atom is 0.176 e. The predicted molar refractivity (Wildman–Crippen MR) is 53.2 cm³/mol. The van der Waals surface area contributed by atoms with Crippen molar-refractivity contribution in [2.24, 2.45) is 0 Å². The van der Waals surface area contributed by atoms with Gasteiger partial charge in [0, 0.05) is 0 Å². The minimum Gasteiger partial charge on any atom is -0.507 e. The average molecular weight is 190 g/mol. The van der Waals surface area contributed by atoms with Crippen molar-refractivity contribution in [3.63, 3.8) is 0 Å². The van der Waals surface area contributed by atoms with Gasteiger partial charge in [0.05, 0.1) is 12.5 Å². The number of phenols is 1. The van der Waals surface area contributed by atoms with Crippen LogP contribution < -0.4 is 4.89 Å². The molecule has 0 aliphatic carbocycles. The van der Waals surface area contributed by atoms with Crippen LogP contribution in [0.2, 0.25) is 0 Å². The summed E-state index contributed by atoms with van der Waals surface area (Å²) < 4.78 is 0. The SMILES string of the molecule is COOc1cccc2cccc(O)c12. The molecule has 2 aromatic carbocycles. The van der Waals surface area contributed by atoms with E-state index in [0.717, 1.165) is 5.39 Å². The van der Waals surface area contributed by atoms with E-state index in [4.69, 9.17) is 4.89 Å². The van der Waals surface area contributed by atoms with Gasteiger partial charge in [-0.3, -0.25) is 0 Å². The van der Waals surface area contributed by atoms with Crippen molar-refractivity contribution in [2.45, 2.75) is 0 Å². The predicted octanol–water partition coefficient (Wildman–Crippen LogP) is 2.49. The third-order valence-electron chi connectivity index (χ3n) is 2.02. The number of hydrogen-bond donors (Lipinski definition) is 1. The number of benzene rings is 2. The van der Waals surface area contributed by atoms with Gasteiger partial charge in [-0.2, -0.15) is 4.89 Å². The van der Waals surface area contributed by atoms with Crippen LogP contribution in [0.1, 0.15) is 0 Å². The summed E-state index contributed by atoms with van der Waals surface area (Å²) in [6.07, 6.45) is 0. The molecule has 2 aromatic rings. The van der Waals surface area contributed by atoms with Crippen LogP contribution in [-0.4, -0.2) is 12.2 Å². The van der Waals surface area contributed by atoms with Crippen LogP contribution in [0.3, 0.4) is 0 Å². The Morgan fingerprint density at radius 2 is 1.79 bits per heavy atom. The van der Waals surface area contributed by atoms with Gasteiger partial charge in [-0.25, -0.2) is 0 Å². The number of fused-ring (bicyclic) bond motifs is 1. The Morgan fingerprint density at radius 1 is 1.07 bits per heavy atom. The van der Waals surface area contributed by atoms with Crippen molar-refractivity contribution >= 4 is 10.8 Å². The molecule has 0 saturated heterocycles. The van der Waals surface area contributed by atoms with E-state index in [2.05, 4.69) is 4.89 Å². The standard InChI is InChI=1S/C11H10O3/c1-13-14-10-7-3-5-8-4-2-6-9(12)11(8)10/h2-7,12H,1H3. The minimum atomic E-state index is 0.190. The normalized spacial score (nSPS) is 10.4. The van der Waals surface area contributed by atoms with Crippen molar-refractivity contribution in [3.05, 3.63) is 36.4 Å². The molecule has 0 aliphatic heterocycles. The average Bonchev–Trinajstić information content (AvgIpc) is 2.19. The molecular weight excluding hydrogens is 180 g/mol. The second-order valence-corrected chi connectivity index (χ2v) is 2.88. The lowest BCUT2D eigenvalue weighted by molar-refractivity contribution is -0.176. The summed E-state index contributed by atoms with van der Waals surface area (Å²) in [5.74, 6) is 0.707. The molecule has 0 spiro atoms. The number of hydrogen-bond acceptors (Lipinski definition) is 3. The van der Waals surface area contributed by atoms with Gasteiger partial charge in [0.2, 0.25) is 0 Å². The van der Waals surface area contributed by atoms with Crippen LogP contribution in [0.15, 0.2) is 36.4 Å². The maximum atomic E-state index is 9.64. The summed E-state index contributed by atoms with van der Waals surface area (Å²) in [6, 6.07) is 10.8. The molecule has 72 valence electrons. The first kappa shape index (κ1) is 8.84. The van der Waals surface area contributed by atoms with Crippen LogP contribution in [0, 0.1) is 0 Å². The summed E-state index contributed by atoms with van der Waals surface area (Å²) in [7, 11) is 1.43. The summed E-state index contributed by atoms with van der Waals surface area (Å²) in [4.78, 5) is 9.52. The fourth-order valence-corrected chi connectivity index (χ4v) is 1.45. The summed E-state index contributed by atoms with van der Waals surface area (Å²) in [5.41, 5.74) is 0. The first-order chi connectivity index (χ1) is 6.83. The Kier molecular flexibility index (Phi) is 2.24. The van der Waals surface area contributed by atoms with Gasteiger partial charge >= 0.3 is 0 Å². The van der Waals surface area contributed by atoms with Crippen LogP contribution in [0.5, 0.6) is 11.5 Å². The lowest BCUT2D eigenvalue weighted by atomic mass is 10.1. The van der Waals surface area contributed by atoms with E-state index in [0.29, 0.717) is 11.1 Å². The van der Waals surface area contributed by atoms with E-state index in [1.807, 2.05) is 18.2 Å². The Balaban J connectivity index is 2.71.